The van der Waals surface area contributed by atoms with Crippen molar-refractivity contribution in [3.63, 3.8) is 0 Å². The zero-order valence-corrected chi connectivity index (χ0v) is 13.2. The van der Waals surface area contributed by atoms with Crippen molar-refractivity contribution in [3.05, 3.63) is 102 Å². The molecule has 1 aliphatic heterocycles. The second-order valence-corrected chi connectivity index (χ2v) is 6.07. The van der Waals surface area contributed by atoms with Gasteiger partial charge >= 0.3 is 0 Å². The van der Waals surface area contributed by atoms with Gasteiger partial charge in [-0.1, -0.05) is 66.7 Å². The summed E-state index contributed by atoms with van der Waals surface area (Å²) in [6.45, 7) is 0.635. The van der Waals surface area contributed by atoms with Gasteiger partial charge in [-0.05, 0) is 22.8 Å². The maximum atomic E-state index is 12.8. The molecule has 3 aromatic rings. The number of hydrogen-bond acceptors (Lipinski definition) is 2. The predicted octanol–water partition coefficient (Wildman–Crippen LogP) is 3.95. The van der Waals surface area contributed by atoms with Gasteiger partial charge in [-0.3, -0.25) is 9.78 Å². The van der Waals surface area contributed by atoms with Crippen LogP contribution < -0.4 is 0 Å². The van der Waals surface area contributed by atoms with E-state index in [0.717, 1.165) is 11.1 Å². The minimum absolute atomic E-state index is 0.0584. The van der Waals surface area contributed by atoms with Crippen molar-refractivity contribution < 1.29 is 4.79 Å². The Labute approximate surface area is 141 Å². The molecule has 1 fully saturated rings. The molecule has 0 radical (unpaired) electrons. The molecule has 0 N–H and O–H groups in total. The van der Waals surface area contributed by atoms with Gasteiger partial charge in [-0.25, -0.2) is 0 Å². The Hall–Kier alpha value is -2.94. The maximum Gasteiger partial charge on any atom is 0.233 e. The van der Waals surface area contributed by atoms with Crippen molar-refractivity contribution in [1.29, 1.82) is 0 Å². The maximum absolute atomic E-state index is 12.8. The summed E-state index contributed by atoms with van der Waals surface area (Å²) >= 11 is 0. The quantitative estimate of drug-likeness (QED) is 0.683. The zero-order chi connectivity index (χ0) is 16.4. The highest BCUT2D eigenvalue weighted by Crippen LogP contribution is 2.46. The third kappa shape index (κ3) is 2.58. The molecule has 3 heteroatoms. The average Bonchev–Trinajstić information content (AvgIpc) is 2.66. The van der Waals surface area contributed by atoms with Gasteiger partial charge in [0.2, 0.25) is 5.91 Å². The van der Waals surface area contributed by atoms with Crippen LogP contribution in [0.5, 0.6) is 0 Å². The summed E-state index contributed by atoms with van der Waals surface area (Å²) in [6, 6.07) is 24.3. The van der Waals surface area contributed by atoms with Crippen LogP contribution in [0.25, 0.3) is 0 Å². The largest absolute Gasteiger partial charge is 0.330 e. The molecule has 1 aliphatic rings. The Morgan fingerprint density at radius 2 is 1.50 bits per heavy atom. The van der Waals surface area contributed by atoms with E-state index in [2.05, 4.69) is 29.2 Å². The third-order valence-corrected chi connectivity index (χ3v) is 4.58. The van der Waals surface area contributed by atoms with Crippen molar-refractivity contribution in [2.45, 2.75) is 18.5 Å². The molecule has 1 aromatic heterocycles. The molecule has 0 aliphatic carbocycles. The number of carbonyl (C=O) groups is 1. The van der Waals surface area contributed by atoms with Gasteiger partial charge in [0.15, 0.2) is 0 Å². The highest BCUT2D eigenvalue weighted by Gasteiger charge is 2.48. The lowest BCUT2D eigenvalue weighted by molar-refractivity contribution is -0.151. The number of aromatic nitrogens is 1. The summed E-state index contributed by atoms with van der Waals surface area (Å²) < 4.78 is 0. The summed E-state index contributed by atoms with van der Waals surface area (Å²) in [5.74, 6) is 0.0190. The van der Waals surface area contributed by atoms with Crippen molar-refractivity contribution >= 4 is 5.91 Å². The number of amides is 1. The average molecular weight is 314 g/mol. The minimum atomic E-state index is -0.148. The molecule has 4 rings (SSSR count). The van der Waals surface area contributed by atoms with Gasteiger partial charge in [-0.15, -0.1) is 0 Å². The molecule has 1 amide bonds. The first-order valence-corrected chi connectivity index (χ1v) is 8.14. The van der Waals surface area contributed by atoms with Crippen LogP contribution >= 0.6 is 0 Å². The van der Waals surface area contributed by atoms with Crippen LogP contribution in [-0.4, -0.2) is 15.8 Å². The van der Waals surface area contributed by atoms with Crippen LogP contribution in [0, 0.1) is 0 Å². The fraction of sp³-hybridized carbons (Fsp3) is 0.143. The van der Waals surface area contributed by atoms with E-state index in [1.807, 2.05) is 53.4 Å². The number of nitrogens with zero attached hydrogens (tertiary/aromatic N) is 2. The van der Waals surface area contributed by atoms with Gasteiger partial charge in [-0.2, -0.15) is 0 Å². The zero-order valence-electron chi connectivity index (χ0n) is 13.2. The van der Waals surface area contributed by atoms with E-state index >= 15 is 0 Å². The molecule has 2 aromatic carbocycles. The molecule has 3 nitrogen and oxygen atoms in total. The SMILES string of the molecule is O=C1[C@H](c2cccnc2)[C@@H](c2ccccc2)N1Cc1ccccc1. The number of rotatable bonds is 4. The fourth-order valence-corrected chi connectivity index (χ4v) is 3.41. The molecular weight excluding hydrogens is 296 g/mol. The Morgan fingerprint density at radius 1 is 0.833 bits per heavy atom. The number of pyridine rings is 1. The fourth-order valence-electron chi connectivity index (χ4n) is 3.41. The highest BCUT2D eigenvalue weighted by atomic mass is 16.2. The number of carbonyl (C=O) groups excluding carboxylic acids is 1. The molecule has 0 bridgehead atoms. The summed E-state index contributed by atoms with van der Waals surface area (Å²) in [4.78, 5) is 19.0. The lowest BCUT2D eigenvalue weighted by atomic mass is 9.78. The predicted molar refractivity (Wildman–Crippen MR) is 93.2 cm³/mol. The van der Waals surface area contributed by atoms with Crippen molar-refractivity contribution in [3.8, 4) is 0 Å². The second kappa shape index (κ2) is 6.28. The molecule has 0 spiro atoms. The van der Waals surface area contributed by atoms with E-state index in [9.17, 15) is 4.79 Å². The second-order valence-electron chi connectivity index (χ2n) is 6.07. The van der Waals surface area contributed by atoms with Crippen LogP contribution in [-0.2, 0) is 11.3 Å². The van der Waals surface area contributed by atoms with Crippen LogP contribution in [0.1, 0.15) is 28.7 Å². The van der Waals surface area contributed by atoms with Crippen LogP contribution in [0.15, 0.2) is 85.2 Å². The third-order valence-electron chi connectivity index (χ3n) is 4.58. The Bertz CT molecular complexity index is 818. The highest BCUT2D eigenvalue weighted by molar-refractivity contribution is 5.91. The molecule has 2 heterocycles. The number of hydrogen-bond donors (Lipinski definition) is 0. The monoisotopic (exact) mass is 314 g/mol. The van der Waals surface area contributed by atoms with E-state index in [-0.39, 0.29) is 17.9 Å². The Morgan fingerprint density at radius 3 is 2.17 bits per heavy atom. The van der Waals surface area contributed by atoms with E-state index < -0.39 is 0 Å². The van der Waals surface area contributed by atoms with E-state index in [0.29, 0.717) is 6.54 Å². The first-order valence-electron chi connectivity index (χ1n) is 8.14. The summed E-state index contributed by atoms with van der Waals surface area (Å²) in [5.41, 5.74) is 3.30. The van der Waals surface area contributed by atoms with Crippen LogP contribution in [0.3, 0.4) is 0 Å². The van der Waals surface area contributed by atoms with E-state index in [4.69, 9.17) is 0 Å². The Kier molecular flexibility index (Phi) is 3.83. The number of likely N-dealkylation sites (tertiary alicyclic amines) is 1. The minimum Gasteiger partial charge on any atom is -0.330 e. The van der Waals surface area contributed by atoms with Crippen LogP contribution in [0.4, 0.5) is 0 Å². The first-order chi connectivity index (χ1) is 11.8. The molecule has 0 saturated carbocycles. The topological polar surface area (TPSA) is 33.2 Å². The molecule has 0 unspecified atom stereocenters. The van der Waals surface area contributed by atoms with Crippen LogP contribution in [0.2, 0.25) is 0 Å². The van der Waals surface area contributed by atoms with Crippen molar-refractivity contribution in [1.82, 2.24) is 9.88 Å². The molecule has 24 heavy (non-hydrogen) atoms. The van der Waals surface area contributed by atoms with Crippen molar-refractivity contribution in [2.24, 2.45) is 0 Å². The number of benzene rings is 2. The number of β-lactam (4-membered cyclic amide) rings is 1. The van der Waals surface area contributed by atoms with Gasteiger partial charge in [0.05, 0.1) is 12.0 Å². The summed E-state index contributed by atoms with van der Waals surface area (Å²) in [5, 5.41) is 0. The van der Waals surface area contributed by atoms with Gasteiger partial charge in [0, 0.05) is 18.9 Å². The van der Waals surface area contributed by atoms with E-state index in [1.54, 1.807) is 12.4 Å². The summed E-state index contributed by atoms with van der Waals surface area (Å²) in [7, 11) is 0. The standard InChI is InChI=1S/C21H18N2O/c24-21-19(18-12-7-13-22-14-18)20(17-10-5-2-6-11-17)23(21)15-16-8-3-1-4-9-16/h1-14,19-20H,15H2/t19-,20-/m1/s1. The summed E-state index contributed by atoms with van der Waals surface area (Å²) in [6.07, 6.45) is 3.55. The molecular formula is C21H18N2O. The molecule has 118 valence electrons. The molecule has 1 saturated heterocycles. The lowest BCUT2D eigenvalue weighted by Crippen LogP contribution is -2.52. The van der Waals surface area contributed by atoms with Gasteiger partial charge in [0.25, 0.3) is 0 Å². The lowest BCUT2D eigenvalue weighted by Gasteiger charge is -2.47. The van der Waals surface area contributed by atoms with Gasteiger partial charge in [0.1, 0.15) is 0 Å². The normalized spacial score (nSPS) is 19.8. The van der Waals surface area contributed by atoms with Crippen molar-refractivity contribution in [2.75, 3.05) is 0 Å². The molecule has 2 atom stereocenters. The smallest absolute Gasteiger partial charge is 0.233 e. The van der Waals surface area contributed by atoms with E-state index in [1.165, 1.54) is 5.56 Å². The van der Waals surface area contributed by atoms with Gasteiger partial charge < -0.3 is 4.90 Å². The Balaban J connectivity index is 1.68. The first kappa shape index (κ1) is 14.6.